The lowest BCUT2D eigenvalue weighted by atomic mass is 10.4. The van der Waals surface area contributed by atoms with E-state index in [-0.39, 0.29) is 5.69 Å². The summed E-state index contributed by atoms with van der Waals surface area (Å²) in [4.78, 5) is 20.0. The molecule has 0 amide bonds. The molecule has 1 N–H and O–H groups in total. The van der Waals surface area contributed by atoms with Gasteiger partial charge in [0, 0.05) is 13.1 Å². The summed E-state index contributed by atoms with van der Waals surface area (Å²) in [5, 5.41) is 13.5. The second-order valence-corrected chi connectivity index (χ2v) is 3.88. The lowest BCUT2D eigenvalue weighted by Crippen LogP contribution is -2.29. The highest BCUT2D eigenvalue weighted by Gasteiger charge is 2.06. The zero-order valence-electron chi connectivity index (χ0n) is 10.8. The van der Waals surface area contributed by atoms with Gasteiger partial charge in [-0.15, -0.1) is 0 Å². The Kier molecular flexibility index (Phi) is 5.99. The third-order valence-corrected chi connectivity index (χ3v) is 2.55. The first-order valence-electron chi connectivity index (χ1n) is 6.10. The maximum Gasteiger partial charge on any atom is 0.305 e. The van der Waals surface area contributed by atoms with Crippen molar-refractivity contribution >= 4 is 11.6 Å². The molecule has 0 aliphatic rings. The minimum atomic E-state index is -0.510. The van der Waals surface area contributed by atoms with Crippen molar-refractivity contribution in [1.82, 2.24) is 14.9 Å². The van der Waals surface area contributed by atoms with Crippen molar-refractivity contribution in [3.05, 3.63) is 22.5 Å². The Morgan fingerprint density at radius 2 is 2.00 bits per heavy atom. The molecule has 100 valence electrons. The highest BCUT2D eigenvalue weighted by atomic mass is 16.6. The third-order valence-electron chi connectivity index (χ3n) is 2.55. The smallest absolute Gasteiger partial charge is 0.305 e. The van der Waals surface area contributed by atoms with Crippen molar-refractivity contribution in [2.24, 2.45) is 0 Å². The summed E-state index contributed by atoms with van der Waals surface area (Å²) in [6.45, 7) is 7.99. The highest BCUT2D eigenvalue weighted by molar-refractivity contribution is 5.30. The lowest BCUT2D eigenvalue weighted by molar-refractivity contribution is -0.385. The van der Waals surface area contributed by atoms with Crippen molar-refractivity contribution in [2.75, 3.05) is 31.5 Å². The fraction of sp³-hybridized carbons (Fsp3) is 0.636. The number of hydrogen-bond donors (Lipinski definition) is 1. The normalized spacial score (nSPS) is 10.6. The molecule has 0 saturated carbocycles. The summed E-state index contributed by atoms with van der Waals surface area (Å²) in [6.07, 6.45) is 3.54. The quantitative estimate of drug-likeness (QED) is 0.558. The van der Waals surface area contributed by atoms with Crippen LogP contribution in [0.3, 0.4) is 0 Å². The third kappa shape index (κ3) is 4.62. The van der Waals surface area contributed by atoms with Crippen LogP contribution in [0.5, 0.6) is 0 Å². The van der Waals surface area contributed by atoms with Gasteiger partial charge in [-0.3, -0.25) is 10.1 Å². The van der Waals surface area contributed by atoms with Crippen LogP contribution < -0.4 is 5.32 Å². The average Bonchev–Trinajstić information content (AvgIpc) is 2.38. The van der Waals surface area contributed by atoms with Gasteiger partial charge in [0.25, 0.3) is 0 Å². The van der Waals surface area contributed by atoms with E-state index in [2.05, 4.69) is 34.0 Å². The molecule has 7 heteroatoms. The standard InChI is InChI=1S/C11H19N5O2/c1-3-6-15(4-2)7-5-12-11-13-8-10(9-14-11)16(17)18/h8-9H,3-7H2,1-2H3,(H,12,13,14). The first-order chi connectivity index (χ1) is 8.67. The molecule has 1 rings (SSSR count). The number of nitro groups is 1. The van der Waals surface area contributed by atoms with Crippen molar-refractivity contribution in [3.63, 3.8) is 0 Å². The fourth-order valence-electron chi connectivity index (χ4n) is 1.58. The largest absolute Gasteiger partial charge is 0.353 e. The van der Waals surface area contributed by atoms with Crippen LogP contribution in [0, 0.1) is 10.1 Å². The molecule has 1 aromatic rings. The molecule has 0 saturated heterocycles. The van der Waals surface area contributed by atoms with Gasteiger partial charge in [-0.25, -0.2) is 9.97 Å². The van der Waals surface area contributed by atoms with Gasteiger partial charge in [-0.2, -0.15) is 0 Å². The minimum absolute atomic E-state index is 0.0956. The molecular formula is C11H19N5O2. The van der Waals surface area contributed by atoms with Crippen LogP contribution in [0.25, 0.3) is 0 Å². The predicted octanol–water partition coefficient (Wildman–Crippen LogP) is 1.53. The molecule has 0 aromatic carbocycles. The van der Waals surface area contributed by atoms with Crippen LogP contribution >= 0.6 is 0 Å². The molecule has 0 atom stereocenters. The Bertz CT molecular complexity index is 368. The molecule has 0 radical (unpaired) electrons. The van der Waals surface area contributed by atoms with Crippen LogP contribution in [0.2, 0.25) is 0 Å². The Hall–Kier alpha value is -1.76. The molecule has 7 nitrogen and oxygen atoms in total. The molecule has 0 aliphatic carbocycles. The lowest BCUT2D eigenvalue weighted by Gasteiger charge is -2.19. The zero-order chi connectivity index (χ0) is 13.4. The van der Waals surface area contributed by atoms with Crippen LogP contribution in [0.4, 0.5) is 11.6 Å². The summed E-state index contributed by atoms with van der Waals surface area (Å²) in [5.41, 5.74) is -0.0956. The maximum atomic E-state index is 10.4. The number of rotatable bonds is 8. The van der Waals surface area contributed by atoms with E-state index in [1.807, 2.05) is 0 Å². The molecular weight excluding hydrogens is 234 g/mol. The van der Waals surface area contributed by atoms with Gasteiger partial charge in [0.2, 0.25) is 5.95 Å². The molecule has 0 aliphatic heterocycles. The monoisotopic (exact) mass is 253 g/mol. The van der Waals surface area contributed by atoms with Gasteiger partial charge in [0.1, 0.15) is 12.4 Å². The molecule has 0 bridgehead atoms. The van der Waals surface area contributed by atoms with E-state index in [4.69, 9.17) is 0 Å². The summed E-state index contributed by atoms with van der Waals surface area (Å²) in [7, 11) is 0. The van der Waals surface area contributed by atoms with Crippen LogP contribution in [-0.4, -0.2) is 46.0 Å². The second kappa shape index (κ2) is 7.54. The predicted molar refractivity (Wildman–Crippen MR) is 69.6 cm³/mol. The van der Waals surface area contributed by atoms with E-state index in [1.54, 1.807) is 0 Å². The second-order valence-electron chi connectivity index (χ2n) is 3.88. The Labute approximate surface area is 106 Å². The summed E-state index contributed by atoms with van der Waals surface area (Å²) < 4.78 is 0. The first kappa shape index (κ1) is 14.3. The fourth-order valence-corrected chi connectivity index (χ4v) is 1.58. The molecule has 18 heavy (non-hydrogen) atoms. The first-order valence-corrected chi connectivity index (χ1v) is 6.10. The van der Waals surface area contributed by atoms with E-state index in [1.165, 1.54) is 12.4 Å². The van der Waals surface area contributed by atoms with E-state index >= 15 is 0 Å². The van der Waals surface area contributed by atoms with Gasteiger partial charge in [0.15, 0.2) is 0 Å². The molecule has 1 heterocycles. The number of hydrogen-bond acceptors (Lipinski definition) is 6. The van der Waals surface area contributed by atoms with Crippen LogP contribution in [0.15, 0.2) is 12.4 Å². The molecule has 1 aromatic heterocycles. The molecule has 0 fully saturated rings. The number of aromatic nitrogens is 2. The van der Waals surface area contributed by atoms with Gasteiger partial charge in [-0.05, 0) is 19.5 Å². The van der Waals surface area contributed by atoms with Crippen LogP contribution in [-0.2, 0) is 0 Å². The van der Waals surface area contributed by atoms with Gasteiger partial charge < -0.3 is 10.2 Å². The van der Waals surface area contributed by atoms with Crippen molar-refractivity contribution in [3.8, 4) is 0 Å². The Morgan fingerprint density at radius 1 is 1.33 bits per heavy atom. The van der Waals surface area contributed by atoms with Crippen molar-refractivity contribution in [1.29, 1.82) is 0 Å². The highest BCUT2D eigenvalue weighted by Crippen LogP contribution is 2.07. The maximum absolute atomic E-state index is 10.4. The van der Waals surface area contributed by atoms with E-state index in [0.717, 1.165) is 32.6 Å². The van der Waals surface area contributed by atoms with E-state index in [9.17, 15) is 10.1 Å². The number of anilines is 1. The number of nitrogens with one attached hydrogen (secondary N) is 1. The van der Waals surface area contributed by atoms with Gasteiger partial charge in [-0.1, -0.05) is 13.8 Å². The summed E-state index contributed by atoms with van der Waals surface area (Å²) >= 11 is 0. The van der Waals surface area contributed by atoms with E-state index < -0.39 is 4.92 Å². The topological polar surface area (TPSA) is 84.2 Å². The van der Waals surface area contributed by atoms with Gasteiger partial charge >= 0.3 is 5.69 Å². The Balaban J connectivity index is 2.37. The molecule has 0 unspecified atom stereocenters. The molecule has 0 spiro atoms. The van der Waals surface area contributed by atoms with Gasteiger partial charge in [0.05, 0.1) is 4.92 Å². The van der Waals surface area contributed by atoms with Crippen LogP contribution in [0.1, 0.15) is 20.3 Å². The zero-order valence-corrected chi connectivity index (χ0v) is 10.8. The summed E-state index contributed by atoms with van der Waals surface area (Å²) in [6, 6.07) is 0. The van der Waals surface area contributed by atoms with E-state index in [0.29, 0.717) is 5.95 Å². The van der Waals surface area contributed by atoms with Crippen molar-refractivity contribution < 1.29 is 4.92 Å². The number of likely N-dealkylation sites (N-methyl/N-ethyl adjacent to an activating group) is 1. The SMILES string of the molecule is CCCN(CC)CCNc1ncc([N+](=O)[O-])cn1. The minimum Gasteiger partial charge on any atom is -0.353 e. The Morgan fingerprint density at radius 3 is 2.50 bits per heavy atom. The van der Waals surface area contributed by atoms with Crippen molar-refractivity contribution in [2.45, 2.75) is 20.3 Å². The number of nitrogens with zero attached hydrogens (tertiary/aromatic N) is 4. The summed E-state index contributed by atoms with van der Waals surface area (Å²) in [5.74, 6) is 0.424. The average molecular weight is 253 g/mol.